The van der Waals surface area contributed by atoms with Crippen LogP contribution in [0.1, 0.15) is 24.7 Å². The van der Waals surface area contributed by atoms with Gasteiger partial charge in [-0.3, -0.25) is 0 Å². The number of aromatic nitrogens is 2. The lowest BCUT2D eigenvalue weighted by Crippen LogP contribution is -2.07. The van der Waals surface area contributed by atoms with E-state index in [0.29, 0.717) is 17.5 Å². The van der Waals surface area contributed by atoms with Gasteiger partial charge in [-0.1, -0.05) is 13.0 Å². The summed E-state index contributed by atoms with van der Waals surface area (Å²) in [7, 11) is 1.63. The average molecular weight is 287 g/mol. The molecule has 0 saturated heterocycles. The van der Waals surface area contributed by atoms with E-state index in [4.69, 9.17) is 9.47 Å². The zero-order chi connectivity index (χ0) is 15.2. The maximum absolute atomic E-state index is 5.88. The van der Waals surface area contributed by atoms with E-state index in [1.54, 1.807) is 7.11 Å². The van der Waals surface area contributed by atoms with Crippen molar-refractivity contribution in [3.05, 3.63) is 35.7 Å². The van der Waals surface area contributed by atoms with Crippen LogP contribution in [0.3, 0.4) is 0 Å². The molecule has 0 aliphatic heterocycles. The van der Waals surface area contributed by atoms with Crippen molar-refractivity contribution >= 4 is 5.82 Å². The molecule has 0 saturated carbocycles. The van der Waals surface area contributed by atoms with Crippen molar-refractivity contribution in [3.8, 4) is 17.4 Å². The highest BCUT2D eigenvalue weighted by Gasteiger charge is 2.11. The van der Waals surface area contributed by atoms with Crippen LogP contribution in [-0.2, 0) is 0 Å². The fourth-order valence-corrected chi connectivity index (χ4v) is 1.89. The predicted octanol–water partition coefficient (Wildman–Crippen LogP) is 3.72. The molecule has 112 valence electrons. The zero-order valence-electron chi connectivity index (χ0n) is 12.9. The Hall–Kier alpha value is -2.30. The van der Waals surface area contributed by atoms with E-state index < -0.39 is 0 Å². The molecule has 0 amide bonds. The van der Waals surface area contributed by atoms with Crippen molar-refractivity contribution < 1.29 is 9.47 Å². The fourth-order valence-electron chi connectivity index (χ4n) is 1.89. The molecular weight excluding hydrogens is 266 g/mol. The lowest BCUT2D eigenvalue weighted by molar-refractivity contribution is 0.406. The summed E-state index contributed by atoms with van der Waals surface area (Å²) in [6, 6.07) is 7.46. The van der Waals surface area contributed by atoms with E-state index in [9.17, 15) is 0 Å². The van der Waals surface area contributed by atoms with Crippen molar-refractivity contribution in [3.63, 3.8) is 0 Å². The molecule has 0 spiro atoms. The summed E-state index contributed by atoms with van der Waals surface area (Å²) in [5.74, 6) is 3.51. The Morgan fingerprint density at radius 3 is 2.62 bits per heavy atom. The van der Waals surface area contributed by atoms with Crippen molar-refractivity contribution in [2.24, 2.45) is 0 Å². The Bertz CT molecular complexity index is 614. The lowest BCUT2D eigenvalue weighted by Gasteiger charge is -2.13. The van der Waals surface area contributed by atoms with Gasteiger partial charge in [0.25, 0.3) is 0 Å². The van der Waals surface area contributed by atoms with E-state index in [2.05, 4.69) is 22.2 Å². The number of anilines is 1. The van der Waals surface area contributed by atoms with Gasteiger partial charge in [0.15, 0.2) is 0 Å². The average Bonchev–Trinajstić information content (AvgIpc) is 2.49. The Kier molecular flexibility index (Phi) is 4.98. The van der Waals surface area contributed by atoms with Crippen molar-refractivity contribution in [2.75, 3.05) is 19.0 Å². The number of benzene rings is 1. The molecule has 0 unspecified atom stereocenters. The Labute approximate surface area is 125 Å². The van der Waals surface area contributed by atoms with Gasteiger partial charge in [0, 0.05) is 12.6 Å². The number of ether oxygens (including phenoxy) is 2. The van der Waals surface area contributed by atoms with Gasteiger partial charge in [-0.05, 0) is 32.4 Å². The molecule has 1 aromatic carbocycles. The van der Waals surface area contributed by atoms with E-state index in [0.717, 1.165) is 30.1 Å². The van der Waals surface area contributed by atoms with E-state index in [1.807, 2.05) is 38.1 Å². The van der Waals surface area contributed by atoms with Gasteiger partial charge in [0.2, 0.25) is 5.88 Å². The van der Waals surface area contributed by atoms with E-state index >= 15 is 0 Å². The van der Waals surface area contributed by atoms with Crippen LogP contribution >= 0.6 is 0 Å². The molecule has 5 nitrogen and oxygen atoms in total. The van der Waals surface area contributed by atoms with Gasteiger partial charge in [0.05, 0.1) is 12.7 Å². The van der Waals surface area contributed by atoms with Crippen LogP contribution in [0.2, 0.25) is 0 Å². The van der Waals surface area contributed by atoms with E-state index in [1.165, 1.54) is 0 Å². The van der Waals surface area contributed by atoms with Crippen LogP contribution in [0.25, 0.3) is 0 Å². The molecule has 2 rings (SSSR count). The summed E-state index contributed by atoms with van der Waals surface area (Å²) >= 11 is 0. The lowest BCUT2D eigenvalue weighted by atomic mass is 10.3. The van der Waals surface area contributed by atoms with Crippen molar-refractivity contribution in [2.45, 2.75) is 27.2 Å². The van der Waals surface area contributed by atoms with Crippen LogP contribution in [0.4, 0.5) is 5.82 Å². The van der Waals surface area contributed by atoms with Gasteiger partial charge in [0.1, 0.15) is 23.1 Å². The van der Waals surface area contributed by atoms with Gasteiger partial charge in [-0.15, -0.1) is 0 Å². The fraction of sp³-hybridized carbons (Fsp3) is 0.375. The molecule has 0 fully saturated rings. The SMILES string of the molecule is CCCNc1nc(C)nc(Oc2cccc(OC)c2)c1C. The molecule has 0 atom stereocenters. The molecule has 0 bridgehead atoms. The molecule has 0 aliphatic rings. The highest BCUT2D eigenvalue weighted by molar-refractivity contribution is 5.49. The first-order valence-corrected chi connectivity index (χ1v) is 7.05. The normalized spacial score (nSPS) is 10.3. The molecule has 5 heteroatoms. The van der Waals surface area contributed by atoms with Gasteiger partial charge < -0.3 is 14.8 Å². The molecular formula is C16H21N3O2. The molecule has 0 radical (unpaired) electrons. The molecule has 21 heavy (non-hydrogen) atoms. The quantitative estimate of drug-likeness (QED) is 0.877. The third-order valence-corrected chi connectivity index (χ3v) is 3.01. The van der Waals surface area contributed by atoms with Crippen LogP contribution in [0.5, 0.6) is 17.4 Å². The summed E-state index contributed by atoms with van der Waals surface area (Å²) in [4.78, 5) is 8.80. The number of hydrogen-bond donors (Lipinski definition) is 1. The Morgan fingerprint density at radius 1 is 1.14 bits per heavy atom. The Balaban J connectivity index is 2.28. The Morgan fingerprint density at radius 2 is 1.90 bits per heavy atom. The summed E-state index contributed by atoms with van der Waals surface area (Å²) in [5.41, 5.74) is 0.900. The number of nitrogens with one attached hydrogen (secondary N) is 1. The maximum Gasteiger partial charge on any atom is 0.227 e. The first kappa shape index (κ1) is 15.1. The molecule has 1 aromatic heterocycles. The minimum Gasteiger partial charge on any atom is -0.497 e. The van der Waals surface area contributed by atoms with Crippen molar-refractivity contribution in [1.29, 1.82) is 0 Å². The number of hydrogen-bond acceptors (Lipinski definition) is 5. The summed E-state index contributed by atoms with van der Waals surface area (Å²) in [5, 5.41) is 3.30. The highest BCUT2D eigenvalue weighted by Crippen LogP contribution is 2.28. The first-order valence-electron chi connectivity index (χ1n) is 7.05. The smallest absolute Gasteiger partial charge is 0.227 e. The standard InChI is InChI=1S/C16H21N3O2/c1-5-9-17-15-11(2)16(19-12(3)18-15)21-14-8-6-7-13(10-14)20-4/h6-8,10H,5,9H2,1-4H3,(H,17,18,19). The number of rotatable bonds is 6. The zero-order valence-corrected chi connectivity index (χ0v) is 12.9. The second-order valence-electron chi connectivity index (χ2n) is 4.76. The van der Waals surface area contributed by atoms with Gasteiger partial charge in [-0.25, -0.2) is 4.98 Å². The molecule has 1 heterocycles. The number of nitrogens with zero attached hydrogens (tertiary/aromatic N) is 2. The monoisotopic (exact) mass is 287 g/mol. The highest BCUT2D eigenvalue weighted by atomic mass is 16.5. The third-order valence-electron chi connectivity index (χ3n) is 3.01. The van der Waals surface area contributed by atoms with E-state index in [-0.39, 0.29) is 0 Å². The van der Waals surface area contributed by atoms with Crippen LogP contribution < -0.4 is 14.8 Å². The van der Waals surface area contributed by atoms with Crippen LogP contribution in [0.15, 0.2) is 24.3 Å². The second-order valence-corrected chi connectivity index (χ2v) is 4.76. The third kappa shape index (κ3) is 3.84. The minimum atomic E-state index is 0.564. The summed E-state index contributed by atoms with van der Waals surface area (Å²) in [6.07, 6.45) is 1.04. The maximum atomic E-state index is 5.88. The number of aryl methyl sites for hydroxylation is 1. The van der Waals surface area contributed by atoms with Gasteiger partial charge >= 0.3 is 0 Å². The van der Waals surface area contributed by atoms with Crippen LogP contribution in [0, 0.1) is 13.8 Å². The predicted molar refractivity (Wildman–Crippen MR) is 83.4 cm³/mol. The molecule has 2 aromatic rings. The van der Waals surface area contributed by atoms with Gasteiger partial charge in [-0.2, -0.15) is 4.98 Å². The molecule has 1 N–H and O–H groups in total. The summed E-state index contributed by atoms with van der Waals surface area (Å²) in [6.45, 7) is 6.79. The number of methoxy groups -OCH3 is 1. The largest absolute Gasteiger partial charge is 0.497 e. The second kappa shape index (κ2) is 6.92. The summed E-state index contributed by atoms with van der Waals surface area (Å²) < 4.78 is 11.1. The topological polar surface area (TPSA) is 56.3 Å². The first-order chi connectivity index (χ1) is 10.1. The molecule has 0 aliphatic carbocycles. The van der Waals surface area contributed by atoms with Crippen LogP contribution in [-0.4, -0.2) is 23.6 Å². The van der Waals surface area contributed by atoms with Crippen molar-refractivity contribution in [1.82, 2.24) is 9.97 Å². The minimum absolute atomic E-state index is 0.564.